The lowest BCUT2D eigenvalue weighted by Gasteiger charge is -2.35. The van der Waals surface area contributed by atoms with Crippen molar-refractivity contribution in [2.24, 2.45) is 0 Å². The van der Waals surface area contributed by atoms with Gasteiger partial charge in [-0.2, -0.15) is 0 Å². The molecular weight excluding hydrogens is 377 g/mol. The monoisotopic (exact) mass is 401 g/mol. The van der Waals surface area contributed by atoms with Gasteiger partial charge in [0.2, 0.25) is 0 Å². The summed E-state index contributed by atoms with van der Waals surface area (Å²) in [6.07, 6.45) is 3.51. The number of anilines is 1. The van der Waals surface area contributed by atoms with Crippen molar-refractivity contribution in [1.29, 1.82) is 0 Å². The van der Waals surface area contributed by atoms with Gasteiger partial charge < -0.3 is 14.6 Å². The van der Waals surface area contributed by atoms with Crippen LogP contribution in [0.1, 0.15) is 23.4 Å². The Balaban J connectivity index is 1.18. The van der Waals surface area contributed by atoms with Crippen LogP contribution < -0.4 is 10.2 Å². The Hall–Kier alpha value is -2.38. The van der Waals surface area contributed by atoms with Gasteiger partial charge in [-0.25, -0.2) is 4.39 Å². The zero-order chi connectivity index (χ0) is 19.3. The fourth-order valence-electron chi connectivity index (χ4n) is 3.60. The molecule has 4 rings (SSSR count). The number of piperazine rings is 1. The maximum absolute atomic E-state index is 13.4. The van der Waals surface area contributed by atoms with E-state index in [1.165, 1.54) is 12.0 Å². The van der Waals surface area contributed by atoms with E-state index in [0.717, 1.165) is 55.7 Å². The van der Waals surface area contributed by atoms with E-state index in [2.05, 4.69) is 20.5 Å². The van der Waals surface area contributed by atoms with Crippen molar-refractivity contribution < 1.29 is 13.6 Å². The zero-order valence-electron chi connectivity index (χ0n) is 15.7. The number of nitrogens with zero attached hydrogens (tertiary/aromatic N) is 2. The Labute approximate surface area is 167 Å². The summed E-state index contributed by atoms with van der Waals surface area (Å²) in [5.74, 6) is 0.0346. The molecule has 0 unspecified atom stereocenters. The van der Waals surface area contributed by atoms with E-state index in [1.807, 2.05) is 6.07 Å². The summed E-state index contributed by atoms with van der Waals surface area (Å²) < 4.78 is 19.5. The summed E-state index contributed by atoms with van der Waals surface area (Å²) in [6, 6.07) is 8.43. The van der Waals surface area contributed by atoms with Gasteiger partial charge in [-0.3, -0.25) is 9.69 Å². The first-order valence-corrected chi connectivity index (χ1v) is 10.5. The third-order valence-electron chi connectivity index (χ3n) is 5.16. The molecule has 0 bridgehead atoms. The average molecular weight is 402 g/mol. The minimum Gasteiger partial charge on any atom is -0.459 e. The molecule has 5 nitrogen and oxygen atoms in total. The number of carbonyl (C=O) groups is 1. The van der Waals surface area contributed by atoms with Gasteiger partial charge in [-0.1, -0.05) is 0 Å². The van der Waals surface area contributed by atoms with Gasteiger partial charge in [-0.15, -0.1) is 11.3 Å². The first-order chi connectivity index (χ1) is 13.7. The van der Waals surface area contributed by atoms with E-state index in [9.17, 15) is 9.18 Å². The Bertz CT molecular complexity index is 917. The number of nitrogens with one attached hydrogen (secondary N) is 1. The molecule has 1 aliphatic rings. The van der Waals surface area contributed by atoms with E-state index in [4.69, 9.17) is 4.42 Å². The van der Waals surface area contributed by atoms with Crippen LogP contribution in [0.15, 0.2) is 46.4 Å². The first-order valence-electron chi connectivity index (χ1n) is 9.66. The average Bonchev–Trinajstić information content (AvgIpc) is 3.38. The maximum atomic E-state index is 13.4. The van der Waals surface area contributed by atoms with Crippen molar-refractivity contribution >= 4 is 33.0 Å². The number of thiophene rings is 1. The van der Waals surface area contributed by atoms with Crippen molar-refractivity contribution in [3.8, 4) is 0 Å². The highest BCUT2D eigenvalue weighted by Crippen LogP contribution is 2.33. The molecule has 28 heavy (non-hydrogen) atoms. The highest BCUT2D eigenvalue weighted by Gasteiger charge is 2.19. The number of amides is 1. The fourth-order valence-corrected chi connectivity index (χ4v) is 4.60. The van der Waals surface area contributed by atoms with Crippen LogP contribution in [0.2, 0.25) is 0 Å². The summed E-state index contributed by atoms with van der Waals surface area (Å²) in [6.45, 7) is 5.72. The lowest BCUT2D eigenvalue weighted by atomic mass is 10.2. The topological polar surface area (TPSA) is 48.7 Å². The molecule has 0 atom stereocenters. The van der Waals surface area contributed by atoms with Gasteiger partial charge in [-0.05, 0) is 49.7 Å². The molecule has 3 aromatic rings. The quantitative estimate of drug-likeness (QED) is 0.609. The van der Waals surface area contributed by atoms with Crippen molar-refractivity contribution in [1.82, 2.24) is 10.2 Å². The van der Waals surface area contributed by atoms with Gasteiger partial charge in [0.25, 0.3) is 5.91 Å². The van der Waals surface area contributed by atoms with Gasteiger partial charge in [0, 0.05) is 48.2 Å². The summed E-state index contributed by atoms with van der Waals surface area (Å²) >= 11 is 1.61. The summed E-state index contributed by atoms with van der Waals surface area (Å²) in [5, 5.41) is 6.17. The number of halogens is 1. The number of benzene rings is 1. The number of unbranched alkanes of at least 4 members (excludes halogenated alkanes) is 1. The number of hydrogen-bond acceptors (Lipinski definition) is 5. The number of carbonyl (C=O) groups excluding carboxylic acids is 1. The Morgan fingerprint density at radius 3 is 2.82 bits per heavy atom. The fraction of sp³-hybridized carbons (Fsp3) is 0.381. The van der Waals surface area contributed by atoms with Crippen molar-refractivity contribution in [3.63, 3.8) is 0 Å². The second-order valence-electron chi connectivity index (χ2n) is 7.03. The highest BCUT2D eigenvalue weighted by atomic mass is 32.1. The molecule has 0 saturated carbocycles. The largest absolute Gasteiger partial charge is 0.459 e. The molecule has 1 amide bonds. The van der Waals surface area contributed by atoms with Crippen molar-refractivity contribution in [2.75, 3.05) is 44.2 Å². The van der Waals surface area contributed by atoms with Crippen LogP contribution in [0.5, 0.6) is 0 Å². The molecule has 148 valence electrons. The molecule has 1 aliphatic heterocycles. The summed E-state index contributed by atoms with van der Waals surface area (Å²) in [7, 11) is 0. The highest BCUT2D eigenvalue weighted by molar-refractivity contribution is 7.17. The molecule has 3 heterocycles. The molecule has 1 aromatic carbocycles. The molecule has 0 aliphatic carbocycles. The van der Waals surface area contributed by atoms with Crippen LogP contribution in [-0.4, -0.2) is 50.1 Å². The number of furan rings is 1. The van der Waals surface area contributed by atoms with Crippen LogP contribution in [0.3, 0.4) is 0 Å². The lowest BCUT2D eigenvalue weighted by molar-refractivity contribution is 0.0925. The SMILES string of the molecule is O=C(NCCCCN1CCN(c2csc3cc(F)ccc23)CC1)c1ccco1. The standard InChI is InChI=1S/C21H24FN3O2S/c22-16-5-6-17-18(15-28-20(17)14-16)25-11-9-24(10-12-25)8-2-1-7-23-21(26)19-4-3-13-27-19/h3-6,13-15H,1-2,7-12H2,(H,23,26). The van der Waals surface area contributed by atoms with E-state index < -0.39 is 0 Å². The van der Waals surface area contributed by atoms with E-state index >= 15 is 0 Å². The predicted molar refractivity (Wildman–Crippen MR) is 111 cm³/mol. The molecule has 1 fully saturated rings. The van der Waals surface area contributed by atoms with Gasteiger partial charge in [0.15, 0.2) is 5.76 Å². The normalized spacial score (nSPS) is 15.2. The second kappa shape index (κ2) is 8.75. The van der Waals surface area contributed by atoms with Crippen molar-refractivity contribution in [2.45, 2.75) is 12.8 Å². The van der Waals surface area contributed by atoms with E-state index in [1.54, 1.807) is 35.6 Å². The first kappa shape index (κ1) is 19.0. The Morgan fingerprint density at radius 2 is 2.04 bits per heavy atom. The van der Waals surface area contributed by atoms with Crippen LogP contribution in [-0.2, 0) is 0 Å². The number of rotatable bonds is 7. The van der Waals surface area contributed by atoms with E-state index in [-0.39, 0.29) is 11.7 Å². The summed E-state index contributed by atoms with van der Waals surface area (Å²) in [5.41, 5.74) is 1.22. The van der Waals surface area contributed by atoms with Crippen molar-refractivity contribution in [3.05, 3.63) is 53.6 Å². The second-order valence-corrected chi connectivity index (χ2v) is 7.94. The van der Waals surface area contributed by atoms with Crippen LogP contribution in [0.25, 0.3) is 10.1 Å². The van der Waals surface area contributed by atoms with Crippen LogP contribution in [0, 0.1) is 5.82 Å². The number of hydrogen-bond donors (Lipinski definition) is 1. The molecule has 0 radical (unpaired) electrons. The smallest absolute Gasteiger partial charge is 0.286 e. The van der Waals surface area contributed by atoms with Crippen LogP contribution in [0.4, 0.5) is 10.1 Å². The lowest BCUT2D eigenvalue weighted by Crippen LogP contribution is -2.46. The van der Waals surface area contributed by atoms with E-state index in [0.29, 0.717) is 12.3 Å². The van der Waals surface area contributed by atoms with Gasteiger partial charge in [0.05, 0.1) is 12.0 Å². The number of fused-ring (bicyclic) bond motifs is 1. The van der Waals surface area contributed by atoms with Gasteiger partial charge in [0.1, 0.15) is 5.82 Å². The molecule has 1 N–H and O–H groups in total. The summed E-state index contributed by atoms with van der Waals surface area (Å²) in [4.78, 5) is 16.7. The molecule has 2 aromatic heterocycles. The third kappa shape index (κ3) is 4.36. The Kier molecular flexibility index (Phi) is 5.92. The van der Waals surface area contributed by atoms with Gasteiger partial charge >= 0.3 is 0 Å². The zero-order valence-corrected chi connectivity index (χ0v) is 16.5. The minimum atomic E-state index is -0.175. The molecular formula is C21H24FN3O2S. The maximum Gasteiger partial charge on any atom is 0.286 e. The Morgan fingerprint density at radius 1 is 1.18 bits per heavy atom. The molecule has 0 spiro atoms. The molecule has 7 heteroatoms. The predicted octanol–water partition coefficient (Wildman–Crippen LogP) is 3.97. The van der Waals surface area contributed by atoms with Crippen LogP contribution >= 0.6 is 11.3 Å². The molecule has 1 saturated heterocycles. The minimum absolute atomic E-state index is 0.151. The third-order valence-corrected chi connectivity index (χ3v) is 6.09.